The first-order valence-electron chi connectivity index (χ1n) is 9.72. The fraction of sp³-hybridized carbons (Fsp3) is 0.217. The van der Waals surface area contributed by atoms with Crippen LogP contribution in [0.2, 0.25) is 5.02 Å². The fourth-order valence-electron chi connectivity index (χ4n) is 2.98. The normalized spacial score (nSPS) is 14.9. The number of carbonyl (C=O) groups excluding carboxylic acids is 4. The maximum atomic E-state index is 12.7. The molecule has 0 aromatic heterocycles. The number of rotatable bonds is 6. The molecular formula is C23H21ClN2O5S. The van der Waals surface area contributed by atoms with Gasteiger partial charge in [-0.15, -0.1) is 0 Å². The molecule has 1 aliphatic rings. The summed E-state index contributed by atoms with van der Waals surface area (Å²) >= 11 is 6.76. The van der Waals surface area contributed by atoms with Gasteiger partial charge in [0, 0.05) is 5.69 Å². The Kier molecular flexibility index (Phi) is 7.37. The van der Waals surface area contributed by atoms with E-state index in [4.69, 9.17) is 11.6 Å². The van der Waals surface area contributed by atoms with E-state index in [1.54, 1.807) is 6.08 Å². The third kappa shape index (κ3) is 5.38. The van der Waals surface area contributed by atoms with Crippen molar-refractivity contribution in [3.63, 3.8) is 0 Å². The number of ether oxygens (including phenoxy) is 1. The van der Waals surface area contributed by atoms with Crippen LogP contribution < -0.4 is 5.32 Å². The number of anilines is 1. The van der Waals surface area contributed by atoms with Crippen LogP contribution in [0.25, 0.3) is 6.08 Å². The molecule has 0 saturated carbocycles. The molecule has 1 N–H and O–H groups in total. The molecular weight excluding hydrogens is 452 g/mol. The van der Waals surface area contributed by atoms with Gasteiger partial charge in [0.25, 0.3) is 11.1 Å². The lowest BCUT2D eigenvalue weighted by Crippen LogP contribution is -2.36. The lowest BCUT2D eigenvalue weighted by Gasteiger charge is -2.13. The summed E-state index contributed by atoms with van der Waals surface area (Å²) in [6.45, 7) is 3.72. The van der Waals surface area contributed by atoms with E-state index in [0.717, 1.165) is 22.2 Å². The third-order valence-corrected chi connectivity index (χ3v) is 5.97. The second kappa shape index (κ2) is 10.0. The summed E-state index contributed by atoms with van der Waals surface area (Å²) in [6.07, 6.45) is 1.63. The summed E-state index contributed by atoms with van der Waals surface area (Å²) in [5.41, 5.74) is 2.34. The molecule has 9 heteroatoms. The first-order valence-corrected chi connectivity index (χ1v) is 10.9. The quantitative estimate of drug-likeness (QED) is 0.473. The molecule has 32 heavy (non-hydrogen) atoms. The van der Waals surface area contributed by atoms with E-state index in [-0.39, 0.29) is 21.2 Å². The van der Waals surface area contributed by atoms with Crippen LogP contribution in [0.1, 0.15) is 41.3 Å². The summed E-state index contributed by atoms with van der Waals surface area (Å²) in [7, 11) is 1.22. The fourth-order valence-corrected chi connectivity index (χ4v) is 4.01. The van der Waals surface area contributed by atoms with E-state index < -0.39 is 29.6 Å². The molecule has 2 aromatic rings. The van der Waals surface area contributed by atoms with Crippen molar-refractivity contribution >= 4 is 58.1 Å². The summed E-state index contributed by atoms with van der Waals surface area (Å²) in [5.74, 6) is -1.38. The van der Waals surface area contributed by atoms with Gasteiger partial charge in [0.1, 0.15) is 6.54 Å². The number of carbonyl (C=O) groups is 4. The summed E-state index contributed by atoms with van der Waals surface area (Å²) < 4.78 is 4.65. The zero-order chi connectivity index (χ0) is 23.4. The Morgan fingerprint density at radius 2 is 1.84 bits per heavy atom. The molecule has 3 amide bonds. The van der Waals surface area contributed by atoms with Crippen molar-refractivity contribution in [2.75, 3.05) is 19.0 Å². The van der Waals surface area contributed by atoms with E-state index in [1.807, 2.05) is 24.3 Å². The van der Waals surface area contributed by atoms with Gasteiger partial charge >= 0.3 is 5.97 Å². The minimum atomic E-state index is -0.649. The van der Waals surface area contributed by atoms with E-state index >= 15 is 0 Å². The van der Waals surface area contributed by atoms with Crippen LogP contribution in [-0.4, -0.2) is 41.6 Å². The Morgan fingerprint density at radius 1 is 1.16 bits per heavy atom. The van der Waals surface area contributed by atoms with Gasteiger partial charge in [0.2, 0.25) is 5.91 Å². The Labute approximate surface area is 194 Å². The van der Waals surface area contributed by atoms with Gasteiger partial charge in [-0.05, 0) is 53.1 Å². The van der Waals surface area contributed by atoms with Crippen LogP contribution in [0, 0.1) is 0 Å². The minimum Gasteiger partial charge on any atom is -0.465 e. The van der Waals surface area contributed by atoms with Crippen molar-refractivity contribution < 1.29 is 23.9 Å². The number of thioether (sulfide) groups is 1. The molecule has 3 rings (SSSR count). The molecule has 0 unspecified atom stereocenters. The first kappa shape index (κ1) is 23.6. The van der Waals surface area contributed by atoms with Crippen LogP contribution in [0.3, 0.4) is 0 Å². The Bertz CT molecular complexity index is 1110. The van der Waals surface area contributed by atoms with E-state index in [2.05, 4.69) is 23.9 Å². The second-order valence-electron chi connectivity index (χ2n) is 7.32. The number of esters is 1. The highest BCUT2D eigenvalue weighted by Crippen LogP contribution is 2.32. The minimum absolute atomic E-state index is 0.0875. The zero-order valence-electron chi connectivity index (χ0n) is 17.7. The summed E-state index contributed by atoms with van der Waals surface area (Å²) in [6, 6.07) is 12.0. The zero-order valence-corrected chi connectivity index (χ0v) is 19.3. The Hall–Kier alpha value is -3.10. The molecule has 0 bridgehead atoms. The van der Waals surface area contributed by atoms with Crippen molar-refractivity contribution in [3.05, 3.63) is 69.1 Å². The number of nitrogens with one attached hydrogen (secondary N) is 1. The summed E-state index contributed by atoms with van der Waals surface area (Å²) in [5, 5.41) is 2.20. The highest BCUT2D eigenvalue weighted by molar-refractivity contribution is 8.18. The lowest BCUT2D eigenvalue weighted by molar-refractivity contribution is -0.127. The Morgan fingerprint density at radius 3 is 2.47 bits per heavy atom. The molecule has 1 saturated heterocycles. The van der Waals surface area contributed by atoms with Crippen molar-refractivity contribution in [2.45, 2.75) is 19.8 Å². The van der Waals surface area contributed by atoms with Gasteiger partial charge < -0.3 is 10.1 Å². The Balaban J connectivity index is 1.69. The number of halogens is 1. The van der Waals surface area contributed by atoms with Crippen LogP contribution >= 0.6 is 23.4 Å². The van der Waals surface area contributed by atoms with Gasteiger partial charge in [-0.1, -0.05) is 49.7 Å². The van der Waals surface area contributed by atoms with E-state index in [1.165, 1.54) is 30.9 Å². The maximum absolute atomic E-state index is 12.7. The lowest BCUT2D eigenvalue weighted by atomic mass is 10.0. The number of nitrogens with zero attached hydrogens (tertiary/aromatic N) is 1. The monoisotopic (exact) mass is 472 g/mol. The summed E-state index contributed by atoms with van der Waals surface area (Å²) in [4.78, 5) is 50.3. The number of methoxy groups -OCH3 is 1. The second-order valence-corrected chi connectivity index (χ2v) is 8.72. The molecule has 0 atom stereocenters. The molecule has 1 heterocycles. The van der Waals surface area contributed by atoms with Crippen LogP contribution in [-0.2, 0) is 14.3 Å². The number of hydrogen-bond donors (Lipinski definition) is 1. The molecule has 1 fully saturated rings. The average Bonchev–Trinajstić information content (AvgIpc) is 3.02. The molecule has 1 aliphatic heterocycles. The largest absolute Gasteiger partial charge is 0.465 e. The number of imide groups is 1. The SMILES string of the molecule is COC(=O)c1cc(NC(=O)CN2C(=O)S/C(=C/c3ccc(C(C)C)cc3)C2=O)ccc1Cl. The van der Waals surface area contributed by atoms with E-state index in [0.29, 0.717) is 5.92 Å². The third-order valence-electron chi connectivity index (χ3n) is 4.73. The van der Waals surface area contributed by atoms with Gasteiger partial charge in [-0.3, -0.25) is 19.3 Å². The average molecular weight is 473 g/mol. The van der Waals surface area contributed by atoms with Crippen molar-refractivity contribution in [1.29, 1.82) is 0 Å². The van der Waals surface area contributed by atoms with E-state index in [9.17, 15) is 19.2 Å². The number of benzene rings is 2. The molecule has 0 spiro atoms. The van der Waals surface area contributed by atoms with Gasteiger partial charge in [0.15, 0.2) is 0 Å². The van der Waals surface area contributed by atoms with Gasteiger partial charge in [0.05, 0.1) is 22.6 Å². The standard InChI is InChI=1S/C23H21ClN2O5S/c1-13(2)15-6-4-14(5-7-15)10-19-21(28)26(23(30)32-19)12-20(27)25-16-8-9-18(24)17(11-16)22(29)31-3/h4-11,13H,12H2,1-3H3,(H,25,27)/b19-10+. The smallest absolute Gasteiger partial charge is 0.339 e. The maximum Gasteiger partial charge on any atom is 0.339 e. The van der Waals surface area contributed by atoms with Gasteiger partial charge in [-0.25, -0.2) is 4.79 Å². The highest BCUT2D eigenvalue weighted by Gasteiger charge is 2.36. The first-order chi connectivity index (χ1) is 15.2. The van der Waals surface area contributed by atoms with Crippen LogP contribution in [0.15, 0.2) is 47.4 Å². The van der Waals surface area contributed by atoms with Crippen LogP contribution in [0.5, 0.6) is 0 Å². The highest BCUT2D eigenvalue weighted by atomic mass is 35.5. The predicted octanol–water partition coefficient (Wildman–Crippen LogP) is 4.93. The molecule has 166 valence electrons. The topological polar surface area (TPSA) is 92.8 Å². The molecule has 0 aliphatic carbocycles. The van der Waals surface area contributed by atoms with Crippen molar-refractivity contribution in [2.24, 2.45) is 0 Å². The van der Waals surface area contributed by atoms with Crippen molar-refractivity contribution in [1.82, 2.24) is 4.90 Å². The van der Waals surface area contributed by atoms with Crippen molar-refractivity contribution in [3.8, 4) is 0 Å². The number of amides is 3. The predicted molar refractivity (Wildman–Crippen MR) is 125 cm³/mol. The molecule has 7 nitrogen and oxygen atoms in total. The number of hydrogen-bond acceptors (Lipinski definition) is 6. The molecule has 2 aromatic carbocycles. The van der Waals surface area contributed by atoms with Gasteiger partial charge in [-0.2, -0.15) is 0 Å². The molecule has 0 radical (unpaired) electrons. The van der Waals surface area contributed by atoms with Crippen LogP contribution in [0.4, 0.5) is 10.5 Å².